The van der Waals surface area contributed by atoms with Crippen molar-refractivity contribution in [2.75, 3.05) is 18.4 Å². The molecule has 0 amide bonds. The molecule has 6 rings (SSSR count). The molecule has 0 aliphatic carbocycles. The van der Waals surface area contributed by atoms with Crippen molar-refractivity contribution in [2.45, 2.75) is 31.9 Å². The number of fused-ring (bicyclic) bond motifs is 2. The number of piperidine rings is 1. The summed E-state index contributed by atoms with van der Waals surface area (Å²) >= 11 is 12.3. The zero-order valence-electron chi connectivity index (χ0n) is 18.8. The molecule has 1 aliphatic heterocycles. The van der Waals surface area contributed by atoms with Crippen LogP contribution in [-0.4, -0.2) is 47.2 Å². The number of rotatable bonds is 6. The standard InChI is InChI=1S/C23H21Cl2F2N9/c24-14-5-16-17(6-15(14)25)33-20(32-16)9-29-21-22-30-8-19(13-7-31-36(10-13)23(26)27)35(22)11-18(34-21)12-1-3-28-4-2-12/h5-8,10-12,23,28H,1-4,9H2,(H,29,34)(H,32,33). The minimum Gasteiger partial charge on any atom is -0.360 e. The summed E-state index contributed by atoms with van der Waals surface area (Å²) in [4.78, 5) is 17.3. The summed E-state index contributed by atoms with van der Waals surface area (Å²) in [6.07, 6.45) is 8.23. The molecule has 13 heteroatoms. The first-order valence-electron chi connectivity index (χ1n) is 11.4. The number of benzene rings is 1. The van der Waals surface area contributed by atoms with Gasteiger partial charge in [0.05, 0.1) is 51.4 Å². The van der Waals surface area contributed by atoms with Crippen molar-refractivity contribution in [1.29, 1.82) is 0 Å². The van der Waals surface area contributed by atoms with Crippen molar-refractivity contribution in [1.82, 2.24) is 39.4 Å². The lowest BCUT2D eigenvalue weighted by Crippen LogP contribution is -2.27. The third-order valence-electron chi connectivity index (χ3n) is 6.36. The van der Waals surface area contributed by atoms with Gasteiger partial charge in [-0.2, -0.15) is 13.9 Å². The van der Waals surface area contributed by atoms with E-state index >= 15 is 0 Å². The number of aromatic amines is 1. The molecular weight excluding hydrogens is 511 g/mol. The number of nitrogens with zero attached hydrogens (tertiary/aromatic N) is 6. The number of hydrogen-bond acceptors (Lipinski definition) is 6. The van der Waals surface area contributed by atoms with E-state index in [-0.39, 0.29) is 5.92 Å². The topological polar surface area (TPSA) is 101 Å². The fourth-order valence-electron chi connectivity index (χ4n) is 4.54. The number of halogens is 4. The van der Waals surface area contributed by atoms with Gasteiger partial charge in [-0.15, -0.1) is 0 Å². The number of aromatic nitrogens is 7. The quantitative estimate of drug-likeness (QED) is 0.276. The Morgan fingerprint density at radius 2 is 1.89 bits per heavy atom. The molecule has 5 aromatic rings. The van der Waals surface area contributed by atoms with Crippen LogP contribution in [0.2, 0.25) is 10.0 Å². The largest absolute Gasteiger partial charge is 0.360 e. The van der Waals surface area contributed by atoms with Gasteiger partial charge in [0.1, 0.15) is 5.82 Å². The van der Waals surface area contributed by atoms with Crippen LogP contribution >= 0.6 is 23.2 Å². The first-order chi connectivity index (χ1) is 17.5. The van der Waals surface area contributed by atoms with Crippen molar-refractivity contribution < 1.29 is 8.78 Å². The Balaban J connectivity index is 1.38. The van der Waals surface area contributed by atoms with Crippen LogP contribution in [0.4, 0.5) is 14.6 Å². The number of nitrogens with one attached hydrogen (secondary N) is 3. The first kappa shape index (κ1) is 23.1. The molecule has 0 spiro atoms. The van der Waals surface area contributed by atoms with Gasteiger partial charge in [0, 0.05) is 23.9 Å². The van der Waals surface area contributed by atoms with Crippen LogP contribution in [-0.2, 0) is 6.54 Å². The minimum atomic E-state index is -2.71. The fraction of sp³-hybridized carbons (Fsp3) is 0.304. The Morgan fingerprint density at radius 3 is 2.67 bits per heavy atom. The summed E-state index contributed by atoms with van der Waals surface area (Å²) in [5, 5.41) is 11.4. The van der Waals surface area contributed by atoms with Gasteiger partial charge >= 0.3 is 6.55 Å². The molecule has 0 bridgehead atoms. The van der Waals surface area contributed by atoms with Crippen LogP contribution in [0.25, 0.3) is 27.9 Å². The van der Waals surface area contributed by atoms with Gasteiger partial charge in [0.15, 0.2) is 11.5 Å². The molecule has 0 radical (unpaired) electrons. The highest BCUT2D eigenvalue weighted by molar-refractivity contribution is 6.42. The Kier molecular flexibility index (Phi) is 5.98. The summed E-state index contributed by atoms with van der Waals surface area (Å²) in [5.41, 5.74) is 4.18. The summed E-state index contributed by atoms with van der Waals surface area (Å²) in [5.74, 6) is 1.53. The maximum absolute atomic E-state index is 13.1. The second-order valence-electron chi connectivity index (χ2n) is 8.68. The predicted molar refractivity (Wildman–Crippen MR) is 134 cm³/mol. The molecule has 1 aliphatic rings. The van der Waals surface area contributed by atoms with Gasteiger partial charge in [-0.25, -0.2) is 19.6 Å². The number of alkyl halides is 2. The van der Waals surface area contributed by atoms with Crippen molar-refractivity contribution in [3.05, 3.63) is 58.5 Å². The summed E-state index contributed by atoms with van der Waals surface area (Å²) < 4.78 is 28.8. The lowest BCUT2D eigenvalue weighted by atomic mass is 9.95. The van der Waals surface area contributed by atoms with Crippen LogP contribution in [0.3, 0.4) is 0 Å². The zero-order valence-corrected chi connectivity index (χ0v) is 20.4. The average molecular weight is 532 g/mol. The van der Waals surface area contributed by atoms with E-state index in [1.54, 1.807) is 18.3 Å². The maximum atomic E-state index is 13.1. The third-order valence-corrected chi connectivity index (χ3v) is 7.08. The van der Waals surface area contributed by atoms with Crippen molar-refractivity contribution in [3.63, 3.8) is 0 Å². The van der Waals surface area contributed by atoms with E-state index < -0.39 is 6.55 Å². The first-order valence-corrected chi connectivity index (χ1v) is 12.2. The fourth-order valence-corrected chi connectivity index (χ4v) is 4.86. The van der Waals surface area contributed by atoms with Gasteiger partial charge in [-0.3, -0.25) is 4.40 Å². The van der Waals surface area contributed by atoms with Crippen molar-refractivity contribution >= 4 is 45.7 Å². The second kappa shape index (κ2) is 9.30. The molecule has 1 fully saturated rings. The van der Waals surface area contributed by atoms with E-state index in [0.717, 1.165) is 37.1 Å². The predicted octanol–water partition coefficient (Wildman–Crippen LogP) is 5.25. The van der Waals surface area contributed by atoms with Crippen molar-refractivity contribution in [2.24, 2.45) is 0 Å². The molecule has 0 atom stereocenters. The molecule has 3 N–H and O–H groups in total. The van der Waals surface area contributed by atoms with Gasteiger partial charge in [-0.05, 0) is 38.1 Å². The van der Waals surface area contributed by atoms with E-state index in [9.17, 15) is 8.78 Å². The molecule has 9 nitrogen and oxygen atoms in total. The Hall–Kier alpha value is -3.28. The van der Waals surface area contributed by atoms with Gasteiger partial charge < -0.3 is 15.6 Å². The van der Waals surface area contributed by atoms with Gasteiger partial charge in [-0.1, -0.05) is 23.2 Å². The number of anilines is 1. The van der Waals surface area contributed by atoms with Crippen LogP contribution < -0.4 is 10.6 Å². The highest BCUT2D eigenvalue weighted by atomic mass is 35.5. The van der Waals surface area contributed by atoms with Crippen LogP contribution in [0, 0.1) is 0 Å². The SMILES string of the molecule is FC(F)n1cc(-c2cnc3c(NCc4nc5cc(Cl)c(Cl)cc5[nH]4)nc(C4CCNCC4)cn23)cn1. The lowest BCUT2D eigenvalue weighted by Gasteiger charge is -2.23. The zero-order chi connectivity index (χ0) is 24.8. The molecule has 5 heterocycles. The monoisotopic (exact) mass is 531 g/mol. The van der Waals surface area contributed by atoms with E-state index in [0.29, 0.717) is 55.3 Å². The average Bonchev–Trinajstić information content (AvgIpc) is 3.61. The molecule has 1 aromatic carbocycles. The van der Waals surface area contributed by atoms with E-state index in [4.69, 9.17) is 28.2 Å². The Morgan fingerprint density at radius 1 is 1.08 bits per heavy atom. The molecule has 1 saturated heterocycles. The lowest BCUT2D eigenvalue weighted by molar-refractivity contribution is 0.0566. The Bertz CT molecular complexity index is 1510. The number of imidazole rings is 2. The van der Waals surface area contributed by atoms with Gasteiger partial charge in [0.2, 0.25) is 0 Å². The molecule has 0 saturated carbocycles. The molecular formula is C23H21Cl2F2N9. The highest BCUT2D eigenvalue weighted by Gasteiger charge is 2.21. The van der Waals surface area contributed by atoms with Crippen LogP contribution in [0.5, 0.6) is 0 Å². The van der Waals surface area contributed by atoms with Gasteiger partial charge in [0.25, 0.3) is 0 Å². The van der Waals surface area contributed by atoms with Crippen LogP contribution in [0.15, 0.2) is 36.9 Å². The molecule has 4 aromatic heterocycles. The summed E-state index contributed by atoms with van der Waals surface area (Å²) in [7, 11) is 0. The van der Waals surface area contributed by atoms with E-state index in [1.807, 2.05) is 10.6 Å². The summed E-state index contributed by atoms with van der Waals surface area (Å²) in [6, 6.07) is 3.46. The highest BCUT2D eigenvalue weighted by Crippen LogP contribution is 2.31. The minimum absolute atomic E-state index is 0.269. The third kappa shape index (κ3) is 4.27. The molecule has 0 unspecified atom stereocenters. The van der Waals surface area contributed by atoms with Crippen molar-refractivity contribution in [3.8, 4) is 11.3 Å². The number of H-pyrrole nitrogens is 1. The number of hydrogen-bond donors (Lipinski definition) is 3. The molecule has 186 valence electrons. The van der Waals surface area contributed by atoms with E-state index in [1.165, 1.54) is 12.4 Å². The second-order valence-corrected chi connectivity index (χ2v) is 9.50. The van der Waals surface area contributed by atoms with E-state index in [2.05, 4.69) is 30.7 Å². The Labute approximate surface area is 213 Å². The van der Waals surface area contributed by atoms with Crippen LogP contribution in [0.1, 0.15) is 36.8 Å². The smallest absolute Gasteiger partial charge is 0.333 e. The maximum Gasteiger partial charge on any atom is 0.333 e. The normalized spacial score (nSPS) is 14.9. The molecule has 36 heavy (non-hydrogen) atoms. The summed E-state index contributed by atoms with van der Waals surface area (Å²) in [6.45, 7) is -0.534.